The molecule has 0 saturated carbocycles. The Morgan fingerprint density at radius 2 is 1.20 bits per heavy atom. The Hall–Kier alpha value is -0.487. The summed E-state index contributed by atoms with van der Waals surface area (Å²) in [6.45, 7) is 8.53. The topological polar surface area (TPSA) is 0 Å². The van der Waals surface area contributed by atoms with Crippen molar-refractivity contribution in [3.05, 3.63) is 89.9 Å². The average molecular weight is 456 g/mol. The van der Waals surface area contributed by atoms with Gasteiger partial charge in [0, 0.05) is 0 Å². The van der Waals surface area contributed by atoms with E-state index >= 15 is 0 Å². The number of hydrogen-bond donors (Lipinski definition) is 0. The van der Waals surface area contributed by atoms with Crippen molar-refractivity contribution in [3.8, 4) is 0 Å². The molecule has 0 saturated heterocycles. The first kappa shape index (κ1) is 29.3. The van der Waals surface area contributed by atoms with Gasteiger partial charge in [0.05, 0.1) is 0 Å². The number of benzene rings is 1. The molecular weight excluding hydrogens is 426 g/mol. The second-order valence-corrected chi connectivity index (χ2v) is 6.24. The quantitative estimate of drug-likeness (QED) is 0.406. The third-order valence-corrected chi connectivity index (χ3v) is 4.50. The molecule has 25 heavy (non-hydrogen) atoms. The molecule has 0 nitrogen and oxygen atoms in total. The van der Waals surface area contributed by atoms with Gasteiger partial charge in [-0.25, -0.2) is 23.3 Å². The first-order valence-corrected chi connectivity index (χ1v) is 8.98. The molecule has 0 bridgehead atoms. The predicted octanol–water partition coefficient (Wildman–Crippen LogP) is 6.85. The molecule has 0 amide bonds. The van der Waals surface area contributed by atoms with E-state index in [4.69, 9.17) is 0 Å². The first-order valence-electron chi connectivity index (χ1n) is 7.56. The van der Waals surface area contributed by atoms with Gasteiger partial charge in [0.15, 0.2) is 0 Å². The SMILES string of the molecule is CC1=C(C)C[C-]=C1.CC1=C(C)C[C-]=C1.Cl.Cl.[CH3-].[Zr]=[CH]c1ccccc1. The molecule has 0 unspecified atom stereocenters. The number of hydrogen-bond acceptors (Lipinski definition) is 0. The Balaban J connectivity index is -0.000000275. The zero-order valence-corrected chi connectivity index (χ0v) is 19.9. The molecule has 1 aromatic rings. The van der Waals surface area contributed by atoms with Crippen LogP contribution in [0.15, 0.2) is 64.8 Å². The van der Waals surface area contributed by atoms with E-state index in [1.54, 1.807) is 0 Å². The molecule has 0 spiro atoms. The molecule has 2 aliphatic carbocycles. The van der Waals surface area contributed by atoms with Crippen LogP contribution in [0.3, 0.4) is 0 Å². The zero-order chi connectivity index (χ0) is 16.4. The van der Waals surface area contributed by atoms with Gasteiger partial charge in [-0.05, 0) is 0 Å². The van der Waals surface area contributed by atoms with Crippen LogP contribution in [0.2, 0.25) is 0 Å². The standard InChI is InChI=1S/2C7H9.C7H6.CH3.2ClH.Zr/c2*1-6-4-3-5-7(6)2;1-7-5-3-2-4-6-7;;;;/h2*4H,5H2,1-2H3;1-6H;1H3;2*1H;/q2*-1;;-1;;;. The summed E-state index contributed by atoms with van der Waals surface area (Å²) in [7, 11) is 0. The second kappa shape index (κ2) is 17.0. The van der Waals surface area contributed by atoms with Crippen molar-refractivity contribution in [1.82, 2.24) is 0 Å². The summed E-state index contributed by atoms with van der Waals surface area (Å²) in [5.74, 6) is 0. The molecule has 138 valence electrons. The Morgan fingerprint density at radius 3 is 1.36 bits per heavy atom. The Kier molecular flexibility index (Phi) is 19.9. The van der Waals surface area contributed by atoms with E-state index in [2.05, 4.69) is 80.0 Å². The number of allylic oxidation sites excluding steroid dienone is 8. The van der Waals surface area contributed by atoms with Crippen LogP contribution < -0.4 is 0 Å². The molecule has 2 aliphatic rings. The third kappa shape index (κ3) is 12.5. The molecule has 0 aliphatic heterocycles. The van der Waals surface area contributed by atoms with E-state index < -0.39 is 0 Å². The van der Waals surface area contributed by atoms with Crippen LogP contribution in [0, 0.1) is 19.6 Å². The maximum absolute atomic E-state index is 3.12. The monoisotopic (exact) mass is 453 g/mol. The van der Waals surface area contributed by atoms with Crippen LogP contribution in [-0.2, 0) is 24.2 Å². The van der Waals surface area contributed by atoms with Gasteiger partial charge in [-0.3, -0.25) is 12.2 Å². The average Bonchev–Trinajstić information content (AvgIpc) is 3.10. The summed E-state index contributed by atoms with van der Waals surface area (Å²) >= 11 is 1.46. The first-order chi connectivity index (χ1) is 10.5. The molecule has 0 radical (unpaired) electrons. The molecule has 0 heterocycles. The molecule has 0 fully saturated rings. The molecule has 3 heteroatoms. The van der Waals surface area contributed by atoms with Gasteiger partial charge in [0.2, 0.25) is 0 Å². The summed E-state index contributed by atoms with van der Waals surface area (Å²) in [4.78, 5) is 0. The Morgan fingerprint density at radius 1 is 0.800 bits per heavy atom. The Bertz CT molecular complexity index is 574. The van der Waals surface area contributed by atoms with Crippen LogP contribution in [0.1, 0.15) is 46.1 Å². The van der Waals surface area contributed by atoms with Crippen molar-refractivity contribution in [2.24, 2.45) is 0 Å². The van der Waals surface area contributed by atoms with E-state index in [0.717, 1.165) is 12.8 Å². The van der Waals surface area contributed by atoms with Crippen molar-refractivity contribution in [2.75, 3.05) is 0 Å². The maximum atomic E-state index is 3.12. The zero-order valence-electron chi connectivity index (χ0n) is 15.8. The summed E-state index contributed by atoms with van der Waals surface area (Å²) < 4.78 is 2.17. The van der Waals surface area contributed by atoms with Crippen molar-refractivity contribution in [3.63, 3.8) is 0 Å². The summed E-state index contributed by atoms with van der Waals surface area (Å²) in [6, 6.07) is 10.3. The Labute approximate surface area is 182 Å². The predicted molar refractivity (Wildman–Crippen MR) is 114 cm³/mol. The second-order valence-electron chi connectivity index (χ2n) is 5.53. The molecular formula is C22H29Cl2Zr-3. The fraction of sp³-hybridized carbons (Fsp3) is 0.273. The minimum atomic E-state index is 0. The van der Waals surface area contributed by atoms with Crippen LogP contribution in [0.4, 0.5) is 0 Å². The van der Waals surface area contributed by atoms with Crippen LogP contribution in [0.5, 0.6) is 0 Å². The van der Waals surface area contributed by atoms with E-state index in [-0.39, 0.29) is 32.2 Å². The summed E-state index contributed by atoms with van der Waals surface area (Å²) in [5.41, 5.74) is 7.02. The van der Waals surface area contributed by atoms with Gasteiger partial charge in [-0.2, -0.15) is 11.1 Å². The van der Waals surface area contributed by atoms with Crippen molar-refractivity contribution >= 4 is 28.5 Å². The number of halogens is 2. The van der Waals surface area contributed by atoms with Crippen molar-refractivity contribution in [1.29, 1.82) is 0 Å². The van der Waals surface area contributed by atoms with Gasteiger partial charge < -0.3 is 7.43 Å². The van der Waals surface area contributed by atoms with E-state index in [0.29, 0.717) is 0 Å². The molecule has 0 atom stereocenters. The third-order valence-electron chi connectivity index (χ3n) is 3.68. The van der Waals surface area contributed by atoms with E-state index in [1.165, 1.54) is 52.1 Å². The fourth-order valence-corrected chi connectivity index (χ4v) is 2.26. The van der Waals surface area contributed by atoms with Crippen molar-refractivity contribution < 1.29 is 24.2 Å². The van der Waals surface area contributed by atoms with Crippen molar-refractivity contribution in [2.45, 2.75) is 40.5 Å². The van der Waals surface area contributed by atoms with E-state index in [1.807, 2.05) is 6.07 Å². The normalized spacial score (nSPS) is 13.4. The van der Waals surface area contributed by atoms with E-state index in [9.17, 15) is 0 Å². The van der Waals surface area contributed by atoms with Gasteiger partial charge in [-0.15, -0.1) is 51.5 Å². The van der Waals surface area contributed by atoms with Gasteiger partial charge in [0.25, 0.3) is 0 Å². The molecule has 1 aromatic carbocycles. The molecule has 0 aromatic heterocycles. The summed E-state index contributed by atoms with van der Waals surface area (Å²) in [5, 5.41) is 0. The number of rotatable bonds is 1. The van der Waals surface area contributed by atoms with Gasteiger partial charge in [-0.1, -0.05) is 13.8 Å². The van der Waals surface area contributed by atoms with Gasteiger partial charge in [0.1, 0.15) is 0 Å². The summed E-state index contributed by atoms with van der Waals surface area (Å²) in [6.07, 6.45) is 12.4. The van der Waals surface area contributed by atoms with Crippen LogP contribution >= 0.6 is 24.8 Å². The minimum absolute atomic E-state index is 0. The molecule has 0 N–H and O–H groups in total. The van der Waals surface area contributed by atoms with Crippen LogP contribution in [-0.4, -0.2) is 3.71 Å². The fourth-order valence-electron chi connectivity index (χ4n) is 1.79. The van der Waals surface area contributed by atoms with Gasteiger partial charge >= 0.3 is 63.8 Å². The van der Waals surface area contributed by atoms with Crippen LogP contribution in [0.25, 0.3) is 0 Å². The molecule has 3 rings (SSSR count).